The zero-order valence-corrected chi connectivity index (χ0v) is 13.8. The summed E-state index contributed by atoms with van der Waals surface area (Å²) in [5.41, 5.74) is 2.76. The monoisotopic (exact) mass is 322 g/mol. The minimum atomic E-state index is 0.0108. The van der Waals surface area contributed by atoms with Crippen LogP contribution in [0.2, 0.25) is 0 Å². The number of hydrogen-bond donors (Lipinski definition) is 0. The molecule has 1 saturated heterocycles. The van der Waals surface area contributed by atoms with Crippen molar-refractivity contribution >= 4 is 17.4 Å². The van der Waals surface area contributed by atoms with E-state index >= 15 is 0 Å². The third-order valence-electron chi connectivity index (χ3n) is 4.95. The van der Waals surface area contributed by atoms with E-state index in [4.69, 9.17) is 0 Å². The number of amides is 1. The average molecular weight is 322 g/mol. The molecule has 5 heteroatoms. The van der Waals surface area contributed by atoms with E-state index in [1.165, 1.54) is 31.2 Å². The van der Waals surface area contributed by atoms with Gasteiger partial charge in [-0.15, -0.1) is 0 Å². The van der Waals surface area contributed by atoms with Crippen LogP contribution in [-0.2, 0) is 6.42 Å². The maximum Gasteiger partial charge on any atom is 0.259 e. The molecule has 0 unspecified atom stereocenters. The van der Waals surface area contributed by atoms with Gasteiger partial charge in [0.25, 0.3) is 5.91 Å². The molecule has 4 heterocycles. The predicted molar refractivity (Wildman–Crippen MR) is 94.5 cm³/mol. The first kappa shape index (κ1) is 15.1. The largest absolute Gasteiger partial charge is 0.357 e. The van der Waals surface area contributed by atoms with Gasteiger partial charge in [-0.1, -0.05) is 12.8 Å². The highest BCUT2D eigenvalue weighted by atomic mass is 16.2. The minimum absolute atomic E-state index is 0.0108. The molecule has 0 aromatic carbocycles. The second-order valence-corrected chi connectivity index (χ2v) is 6.52. The molecule has 0 atom stereocenters. The van der Waals surface area contributed by atoms with Crippen molar-refractivity contribution in [3.63, 3.8) is 0 Å². The lowest BCUT2D eigenvalue weighted by Crippen LogP contribution is -2.29. The third-order valence-corrected chi connectivity index (χ3v) is 4.95. The molecule has 1 fully saturated rings. The SMILES string of the molecule is O=C(c1ccc(N2CCCCCC2)nc1)N1CCc2ccncc21. The Morgan fingerprint density at radius 1 is 0.958 bits per heavy atom. The quantitative estimate of drug-likeness (QED) is 0.852. The van der Waals surface area contributed by atoms with Gasteiger partial charge in [0.15, 0.2) is 0 Å². The molecule has 0 bridgehead atoms. The summed E-state index contributed by atoms with van der Waals surface area (Å²) in [4.78, 5) is 25.6. The fourth-order valence-electron chi connectivity index (χ4n) is 3.59. The summed E-state index contributed by atoms with van der Waals surface area (Å²) in [6.45, 7) is 2.84. The topological polar surface area (TPSA) is 49.3 Å². The number of rotatable bonds is 2. The fourth-order valence-corrected chi connectivity index (χ4v) is 3.59. The molecule has 1 amide bonds. The van der Waals surface area contributed by atoms with Crippen LogP contribution in [0.25, 0.3) is 0 Å². The molecular formula is C19H22N4O. The Bertz CT molecular complexity index is 720. The minimum Gasteiger partial charge on any atom is -0.357 e. The Morgan fingerprint density at radius 3 is 2.54 bits per heavy atom. The summed E-state index contributed by atoms with van der Waals surface area (Å²) >= 11 is 0. The fraction of sp³-hybridized carbons (Fsp3) is 0.421. The summed E-state index contributed by atoms with van der Waals surface area (Å²) in [7, 11) is 0. The molecule has 0 aliphatic carbocycles. The van der Waals surface area contributed by atoms with E-state index in [9.17, 15) is 4.79 Å². The molecule has 124 valence electrons. The van der Waals surface area contributed by atoms with Gasteiger partial charge in [-0.2, -0.15) is 0 Å². The summed E-state index contributed by atoms with van der Waals surface area (Å²) in [6.07, 6.45) is 11.2. The van der Waals surface area contributed by atoms with Crippen molar-refractivity contribution in [2.75, 3.05) is 29.4 Å². The zero-order valence-electron chi connectivity index (χ0n) is 13.8. The maximum absolute atomic E-state index is 12.8. The van der Waals surface area contributed by atoms with Crippen LogP contribution in [0, 0.1) is 0 Å². The maximum atomic E-state index is 12.8. The zero-order chi connectivity index (χ0) is 16.4. The van der Waals surface area contributed by atoms with E-state index in [-0.39, 0.29) is 5.91 Å². The number of fused-ring (bicyclic) bond motifs is 1. The van der Waals surface area contributed by atoms with Crippen LogP contribution in [0.5, 0.6) is 0 Å². The normalized spacial score (nSPS) is 17.5. The molecule has 5 nitrogen and oxygen atoms in total. The van der Waals surface area contributed by atoms with Crippen LogP contribution in [0.3, 0.4) is 0 Å². The van der Waals surface area contributed by atoms with Crippen molar-refractivity contribution in [1.29, 1.82) is 0 Å². The van der Waals surface area contributed by atoms with Crippen LogP contribution in [0.15, 0.2) is 36.8 Å². The van der Waals surface area contributed by atoms with Crippen molar-refractivity contribution in [3.05, 3.63) is 47.9 Å². The Balaban J connectivity index is 1.52. The molecular weight excluding hydrogens is 300 g/mol. The summed E-state index contributed by atoms with van der Waals surface area (Å²) < 4.78 is 0. The van der Waals surface area contributed by atoms with Crippen molar-refractivity contribution in [3.8, 4) is 0 Å². The molecule has 0 spiro atoms. The first-order valence-electron chi connectivity index (χ1n) is 8.79. The predicted octanol–water partition coefficient (Wildman–Crippen LogP) is 3.06. The number of hydrogen-bond acceptors (Lipinski definition) is 4. The Labute approximate surface area is 142 Å². The van der Waals surface area contributed by atoms with Gasteiger partial charge in [0, 0.05) is 32.0 Å². The highest BCUT2D eigenvalue weighted by Gasteiger charge is 2.26. The second kappa shape index (κ2) is 6.59. The highest BCUT2D eigenvalue weighted by molar-refractivity contribution is 6.07. The van der Waals surface area contributed by atoms with Gasteiger partial charge in [-0.25, -0.2) is 4.98 Å². The van der Waals surface area contributed by atoms with Gasteiger partial charge < -0.3 is 9.80 Å². The van der Waals surface area contributed by atoms with Gasteiger partial charge in [0.2, 0.25) is 0 Å². The van der Waals surface area contributed by atoms with Crippen LogP contribution < -0.4 is 9.80 Å². The lowest BCUT2D eigenvalue weighted by Gasteiger charge is -2.22. The van der Waals surface area contributed by atoms with Crippen LogP contribution in [-0.4, -0.2) is 35.5 Å². The molecule has 4 rings (SSSR count). The molecule has 2 aromatic heterocycles. The Kier molecular flexibility index (Phi) is 4.15. The number of nitrogens with zero attached hydrogens (tertiary/aromatic N) is 4. The van der Waals surface area contributed by atoms with E-state index < -0.39 is 0 Å². The lowest BCUT2D eigenvalue weighted by atomic mass is 10.2. The van der Waals surface area contributed by atoms with Crippen molar-refractivity contribution in [2.45, 2.75) is 32.1 Å². The van der Waals surface area contributed by atoms with Gasteiger partial charge in [0.1, 0.15) is 5.82 Å². The molecule has 2 aliphatic heterocycles. The van der Waals surface area contributed by atoms with Gasteiger partial charge in [-0.05, 0) is 43.0 Å². The first-order chi connectivity index (χ1) is 11.8. The molecule has 2 aromatic rings. The van der Waals surface area contributed by atoms with Crippen LogP contribution in [0.1, 0.15) is 41.6 Å². The number of pyridine rings is 2. The first-order valence-corrected chi connectivity index (χ1v) is 8.79. The molecule has 0 saturated carbocycles. The van der Waals surface area contributed by atoms with Gasteiger partial charge in [-0.3, -0.25) is 9.78 Å². The highest BCUT2D eigenvalue weighted by Crippen LogP contribution is 2.28. The summed E-state index contributed by atoms with van der Waals surface area (Å²) in [5, 5.41) is 0. The number of carbonyl (C=O) groups is 1. The third kappa shape index (κ3) is 2.86. The molecule has 24 heavy (non-hydrogen) atoms. The second-order valence-electron chi connectivity index (χ2n) is 6.52. The van der Waals surface area contributed by atoms with Gasteiger partial charge >= 0.3 is 0 Å². The molecule has 2 aliphatic rings. The van der Waals surface area contributed by atoms with Crippen molar-refractivity contribution < 1.29 is 4.79 Å². The number of carbonyl (C=O) groups excluding carboxylic acids is 1. The summed E-state index contributed by atoms with van der Waals surface area (Å²) in [6, 6.07) is 5.88. The standard InChI is InChI=1S/C19H22N4O/c24-19(23-12-8-15-7-9-20-14-17(15)23)16-5-6-18(21-13-16)22-10-3-1-2-4-11-22/h5-7,9,13-14H,1-4,8,10-12H2. The Morgan fingerprint density at radius 2 is 1.79 bits per heavy atom. The van der Waals surface area contributed by atoms with E-state index in [0.717, 1.165) is 31.0 Å². The smallest absolute Gasteiger partial charge is 0.259 e. The average Bonchev–Trinajstić information content (AvgIpc) is 2.87. The summed E-state index contributed by atoms with van der Waals surface area (Å²) in [5.74, 6) is 0.994. The van der Waals surface area contributed by atoms with Crippen molar-refractivity contribution in [1.82, 2.24) is 9.97 Å². The number of aromatic nitrogens is 2. The molecule has 0 radical (unpaired) electrons. The lowest BCUT2D eigenvalue weighted by molar-refractivity contribution is 0.0989. The van der Waals surface area contributed by atoms with E-state index in [1.807, 2.05) is 23.1 Å². The van der Waals surface area contributed by atoms with Gasteiger partial charge in [0.05, 0.1) is 17.4 Å². The van der Waals surface area contributed by atoms with Crippen LogP contribution >= 0.6 is 0 Å². The molecule has 0 N–H and O–H groups in total. The number of anilines is 2. The van der Waals surface area contributed by atoms with Crippen LogP contribution in [0.4, 0.5) is 11.5 Å². The Hall–Kier alpha value is -2.43. The van der Waals surface area contributed by atoms with E-state index in [0.29, 0.717) is 12.1 Å². The van der Waals surface area contributed by atoms with E-state index in [2.05, 4.69) is 14.9 Å². The van der Waals surface area contributed by atoms with Crippen molar-refractivity contribution in [2.24, 2.45) is 0 Å². The van der Waals surface area contributed by atoms with E-state index in [1.54, 1.807) is 18.6 Å².